The molecule has 1 aromatic rings. The number of carbonyl (C=O) groups excluding carboxylic acids is 8. The van der Waals surface area contributed by atoms with Gasteiger partial charge in [0.15, 0.2) is 29.7 Å². The van der Waals surface area contributed by atoms with Crippen LogP contribution in [0.1, 0.15) is 84.8 Å². The third-order valence-electron chi connectivity index (χ3n) is 11.1. The summed E-state index contributed by atoms with van der Waals surface area (Å²) in [5, 5.41) is 13.4. The van der Waals surface area contributed by atoms with Gasteiger partial charge in [-0.05, 0) is 39.3 Å². The lowest BCUT2D eigenvalue weighted by molar-refractivity contribution is -0.391. The Morgan fingerprint density at radius 2 is 1.33 bits per heavy atom. The number of Topliss-reactive ketones (excluding diaryl/α,β-unsaturated/α-hetero) is 1. The molecule has 19 nitrogen and oxygen atoms in total. The average molecular weight is 806 g/mol. The lowest BCUT2D eigenvalue weighted by Gasteiger charge is -2.68. The number of carbonyl (C=O) groups is 8. The van der Waals surface area contributed by atoms with E-state index in [1.54, 1.807) is 0 Å². The van der Waals surface area contributed by atoms with Crippen molar-refractivity contribution in [1.82, 2.24) is 4.98 Å². The first-order chi connectivity index (χ1) is 26.5. The number of nitrogens with zero attached hydrogens (tertiary/aromatic N) is 1. The van der Waals surface area contributed by atoms with Crippen LogP contribution in [0.2, 0.25) is 0 Å². The highest BCUT2D eigenvalue weighted by Gasteiger charge is 2.91. The van der Waals surface area contributed by atoms with Gasteiger partial charge in [-0.2, -0.15) is 0 Å². The molecule has 1 N–H and O–H groups in total. The summed E-state index contributed by atoms with van der Waals surface area (Å²) in [5.41, 5.74) is -9.83. The first kappa shape index (κ1) is 43.1. The molecule has 3 fully saturated rings. The molecule has 1 saturated heterocycles. The van der Waals surface area contributed by atoms with Crippen LogP contribution in [0.3, 0.4) is 0 Å². The Morgan fingerprint density at radius 1 is 0.789 bits per heavy atom. The van der Waals surface area contributed by atoms with E-state index < -0.39 is 132 Å². The van der Waals surface area contributed by atoms with Gasteiger partial charge >= 0.3 is 41.8 Å². The van der Waals surface area contributed by atoms with E-state index in [0.717, 1.165) is 48.5 Å². The van der Waals surface area contributed by atoms with Crippen LogP contribution in [0.4, 0.5) is 0 Å². The first-order valence-electron chi connectivity index (χ1n) is 18.2. The minimum atomic E-state index is -2.73. The van der Waals surface area contributed by atoms with E-state index in [-0.39, 0.29) is 24.1 Å². The Morgan fingerprint density at radius 3 is 1.89 bits per heavy atom. The molecule has 2 aliphatic heterocycles. The summed E-state index contributed by atoms with van der Waals surface area (Å²) in [5.74, 6) is -9.03. The van der Waals surface area contributed by atoms with Crippen LogP contribution >= 0.6 is 0 Å². The standard InChI is InChI=1S/C38H47NO18/c1-17-26(46)13-12-25-24(11-10-14-39-25)34(47)50-15-35(8)27-28(52-19(3)41)32(55-22(6)44)37(16-49-18(2)40)33(56-23(7)45)29(53-20(4)42)31(51-17)36(9,48)38(37,57-35)30(27)54-21(5)43/h10-11,14,17,27-33,48H,12-13,15-16H2,1-9H3. The van der Waals surface area contributed by atoms with Gasteiger partial charge in [0, 0.05) is 54.2 Å². The predicted octanol–water partition coefficient (Wildman–Crippen LogP) is 0.658. The van der Waals surface area contributed by atoms with E-state index >= 15 is 0 Å². The maximum atomic E-state index is 13.9. The molecule has 2 saturated carbocycles. The molecular formula is C38H47NO18. The second kappa shape index (κ2) is 15.7. The molecule has 12 atom stereocenters. The lowest BCUT2D eigenvalue weighted by Crippen LogP contribution is -2.89. The highest BCUT2D eigenvalue weighted by molar-refractivity contribution is 5.91. The van der Waals surface area contributed by atoms with Gasteiger partial charge in [0.05, 0.1) is 17.2 Å². The van der Waals surface area contributed by atoms with Gasteiger partial charge in [0.1, 0.15) is 54.2 Å². The van der Waals surface area contributed by atoms with Gasteiger partial charge in [0.2, 0.25) is 0 Å². The fraction of sp³-hybridized carbons (Fsp3) is 0.658. The van der Waals surface area contributed by atoms with Gasteiger partial charge < -0.3 is 47.7 Å². The number of aryl methyl sites for hydroxylation is 1. The molecule has 0 radical (unpaired) electrons. The number of fused-ring (bicyclic) bond motifs is 5. The van der Waals surface area contributed by atoms with Crippen molar-refractivity contribution < 1.29 is 86.1 Å². The molecule has 2 aliphatic carbocycles. The van der Waals surface area contributed by atoms with Gasteiger partial charge in [-0.25, -0.2) is 4.79 Å². The molecule has 1 spiro atoms. The van der Waals surface area contributed by atoms with E-state index in [2.05, 4.69) is 4.98 Å². The molecular weight excluding hydrogens is 758 g/mol. The van der Waals surface area contributed by atoms with Crippen molar-refractivity contribution >= 4 is 47.6 Å². The zero-order valence-electron chi connectivity index (χ0n) is 33.0. The number of pyridine rings is 1. The predicted molar refractivity (Wildman–Crippen MR) is 185 cm³/mol. The Kier molecular flexibility index (Phi) is 11.9. The summed E-state index contributed by atoms with van der Waals surface area (Å²) >= 11 is 0. The van der Waals surface area contributed by atoms with Crippen molar-refractivity contribution in [1.29, 1.82) is 0 Å². The summed E-state index contributed by atoms with van der Waals surface area (Å²) in [6, 6.07) is 2.91. The van der Waals surface area contributed by atoms with Crippen molar-refractivity contribution in [3.05, 3.63) is 29.6 Å². The summed E-state index contributed by atoms with van der Waals surface area (Å²) < 4.78 is 54.6. The second-order valence-electron chi connectivity index (χ2n) is 15.1. The maximum absolute atomic E-state index is 13.9. The smallest absolute Gasteiger partial charge is 0.340 e. The summed E-state index contributed by atoms with van der Waals surface area (Å²) in [7, 11) is 0. The molecule has 4 aliphatic rings. The third kappa shape index (κ3) is 7.36. The molecule has 19 heteroatoms. The van der Waals surface area contributed by atoms with Crippen molar-refractivity contribution in [3.8, 4) is 0 Å². The number of hydrogen-bond acceptors (Lipinski definition) is 19. The Bertz CT molecular complexity index is 1840. The van der Waals surface area contributed by atoms with Crippen LogP contribution < -0.4 is 0 Å². The topological polar surface area (TPSA) is 253 Å². The van der Waals surface area contributed by atoms with Crippen LogP contribution in [-0.4, -0.2) is 130 Å². The van der Waals surface area contributed by atoms with Gasteiger partial charge in [-0.3, -0.25) is 38.5 Å². The van der Waals surface area contributed by atoms with Crippen LogP contribution in [0.15, 0.2) is 18.3 Å². The highest BCUT2D eigenvalue weighted by atomic mass is 16.7. The number of aliphatic hydroxyl groups is 1. The number of ketones is 1. The van der Waals surface area contributed by atoms with Crippen LogP contribution in [-0.2, 0) is 82.6 Å². The fourth-order valence-corrected chi connectivity index (χ4v) is 9.22. The summed E-state index contributed by atoms with van der Waals surface area (Å²) in [6.07, 6.45) is -11.9. The molecule has 312 valence electrons. The van der Waals surface area contributed by atoms with Gasteiger partial charge in [-0.15, -0.1) is 0 Å². The molecule has 4 bridgehead atoms. The van der Waals surface area contributed by atoms with Gasteiger partial charge in [0.25, 0.3) is 0 Å². The van der Waals surface area contributed by atoms with E-state index in [1.807, 2.05) is 0 Å². The lowest BCUT2D eigenvalue weighted by atomic mass is 9.45. The van der Waals surface area contributed by atoms with Crippen LogP contribution in [0, 0.1) is 11.3 Å². The summed E-state index contributed by atoms with van der Waals surface area (Å²) in [4.78, 5) is 110. The Hall–Kier alpha value is -5.01. The second-order valence-corrected chi connectivity index (χ2v) is 15.1. The first-order valence-corrected chi connectivity index (χ1v) is 18.2. The highest BCUT2D eigenvalue weighted by Crippen LogP contribution is 2.70. The molecule has 57 heavy (non-hydrogen) atoms. The monoisotopic (exact) mass is 805 g/mol. The molecule has 0 amide bonds. The quantitative estimate of drug-likeness (QED) is 0.293. The van der Waals surface area contributed by atoms with E-state index in [0.29, 0.717) is 0 Å². The van der Waals surface area contributed by atoms with Crippen LogP contribution in [0.5, 0.6) is 0 Å². The molecule has 1 aromatic heterocycles. The fourth-order valence-electron chi connectivity index (χ4n) is 9.22. The number of rotatable bonds is 7. The zero-order chi connectivity index (χ0) is 42.4. The maximum Gasteiger partial charge on any atom is 0.340 e. The number of hydrogen-bond donors (Lipinski definition) is 1. The number of aromatic nitrogens is 1. The van der Waals surface area contributed by atoms with Crippen molar-refractivity contribution in [2.75, 3.05) is 13.2 Å². The van der Waals surface area contributed by atoms with E-state index in [4.69, 9.17) is 42.6 Å². The van der Waals surface area contributed by atoms with E-state index in [9.17, 15) is 43.5 Å². The minimum absolute atomic E-state index is 0.0119. The molecule has 3 heterocycles. The van der Waals surface area contributed by atoms with E-state index in [1.165, 1.54) is 32.2 Å². The SMILES string of the molecule is CC(=O)OCC12C(OC(C)=O)C(OC(C)=O)C3C(OC(C)=O)C14OC3(C)COC(=O)c1cccnc1CCC(=O)C(C)OC(C(OC(C)=O)C2OC(C)=O)C4(C)O. The Balaban J connectivity index is 1.99. The molecule has 0 aromatic carbocycles. The number of ether oxygens (including phenoxy) is 9. The van der Waals surface area contributed by atoms with Crippen molar-refractivity contribution in [2.24, 2.45) is 11.3 Å². The normalized spacial score (nSPS) is 37.2. The Labute approximate surface area is 327 Å². The number of cyclic esters (lactones) is 1. The largest absolute Gasteiger partial charge is 0.465 e. The third-order valence-corrected chi connectivity index (χ3v) is 11.1. The van der Waals surface area contributed by atoms with Crippen molar-refractivity contribution in [3.63, 3.8) is 0 Å². The minimum Gasteiger partial charge on any atom is -0.465 e. The average Bonchev–Trinajstić information content (AvgIpc) is 3.32. The van der Waals surface area contributed by atoms with Gasteiger partial charge in [-0.1, -0.05) is 0 Å². The van der Waals surface area contributed by atoms with Crippen LogP contribution in [0.25, 0.3) is 0 Å². The molecule has 12 unspecified atom stereocenters. The summed E-state index contributed by atoms with van der Waals surface area (Å²) in [6.45, 7) is 8.14. The number of esters is 7. The van der Waals surface area contributed by atoms with Crippen molar-refractivity contribution in [2.45, 2.75) is 135 Å². The zero-order valence-corrected chi connectivity index (χ0v) is 33.0. The molecule has 5 rings (SSSR count).